The van der Waals surface area contributed by atoms with E-state index < -0.39 is 39.6 Å². The van der Waals surface area contributed by atoms with Crippen molar-refractivity contribution in [2.45, 2.75) is 38.1 Å². The number of nitrogens with zero attached hydrogens (tertiary/aromatic N) is 2. The summed E-state index contributed by atoms with van der Waals surface area (Å²) in [4.78, 5) is 28.3. The van der Waals surface area contributed by atoms with Crippen LogP contribution in [0.5, 0.6) is 5.75 Å². The molecule has 1 saturated heterocycles. The van der Waals surface area contributed by atoms with Gasteiger partial charge in [0, 0.05) is 18.7 Å². The summed E-state index contributed by atoms with van der Waals surface area (Å²) in [6.07, 6.45) is -4.42. The van der Waals surface area contributed by atoms with Crippen LogP contribution in [0.25, 0.3) is 0 Å². The number of hydrogen-bond donors (Lipinski definition) is 2. The standard InChI is InChI=1S/C24H24F3N3O6S/c1-15-13-18(21(31)32)6-5-16(15)7-12-37(34,35)30-10-8-23(9-11-30)22(33)28-20(29-23)17-3-2-4-19(14-17)36-24(25,26)27/h2-6,13-14H,7-12H2,1H3,(H,31,32)(H,28,29,33). The second-order valence-electron chi connectivity index (χ2n) is 8.93. The molecule has 2 heterocycles. The number of amides is 1. The van der Waals surface area contributed by atoms with Gasteiger partial charge in [0.05, 0.1) is 11.3 Å². The summed E-state index contributed by atoms with van der Waals surface area (Å²) in [5.74, 6) is -2.02. The average molecular weight is 540 g/mol. The minimum absolute atomic E-state index is 0.0562. The highest BCUT2D eigenvalue weighted by atomic mass is 32.2. The van der Waals surface area contributed by atoms with E-state index in [0.717, 1.165) is 17.7 Å². The molecule has 0 saturated carbocycles. The van der Waals surface area contributed by atoms with Crippen molar-refractivity contribution < 1.29 is 41.0 Å². The van der Waals surface area contributed by atoms with Gasteiger partial charge in [0.2, 0.25) is 10.0 Å². The second-order valence-corrected chi connectivity index (χ2v) is 11.0. The van der Waals surface area contributed by atoms with E-state index in [2.05, 4.69) is 15.0 Å². The van der Waals surface area contributed by atoms with Crippen molar-refractivity contribution >= 4 is 27.7 Å². The number of nitrogens with one attached hydrogen (secondary N) is 1. The van der Waals surface area contributed by atoms with Crippen LogP contribution in [-0.2, 0) is 21.2 Å². The molecule has 0 aromatic heterocycles. The second kappa shape index (κ2) is 9.78. The lowest BCUT2D eigenvalue weighted by atomic mass is 9.89. The van der Waals surface area contributed by atoms with Gasteiger partial charge in [-0.05, 0) is 61.6 Å². The maximum Gasteiger partial charge on any atom is 0.573 e. The van der Waals surface area contributed by atoms with Crippen LogP contribution in [0, 0.1) is 6.92 Å². The Kier molecular flexibility index (Phi) is 7.04. The van der Waals surface area contributed by atoms with Gasteiger partial charge in [-0.3, -0.25) is 9.79 Å². The van der Waals surface area contributed by atoms with E-state index in [9.17, 15) is 31.2 Å². The summed E-state index contributed by atoms with van der Waals surface area (Å²) < 4.78 is 68.8. The van der Waals surface area contributed by atoms with Gasteiger partial charge < -0.3 is 15.2 Å². The third-order valence-corrected chi connectivity index (χ3v) is 8.36. The summed E-state index contributed by atoms with van der Waals surface area (Å²) in [6, 6.07) is 9.63. The number of rotatable bonds is 7. The van der Waals surface area contributed by atoms with Gasteiger partial charge in [0.25, 0.3) is 5.91 Å². The summed E-state index contributed by atoms with van der Waals surface area (Å²) in [5.41, 5.74) is 0.571. The summed E-state index contributed by atoms with van der Waals surface area (Å²) in [7, 11) is -3.66. The third kappa shape index (κ3) is 5.93. The molecule has 2 aliphatic rings. The number of aryl methyl sites for hydroxylation is 2. The van der Waals surface area contributed by atoms with Gasteiger partial charge in [0.1, 0.15) is 17.1 Å². The number of aliphatic imine (C=N–C) groups is 1. The number of hydrogen-bond acceptors (Lipinski definition) is 6. The average Bonchev–Trinajstić information content (AvgIpc) is 3.13. The number of carboxylic acid groups (broad SMARTS) is 1. The minimum Gasteiger partial charge on any atom is -0.478 e. The molecular formula is C24H24F3N3O6S. The van der Waals surface area contributed by atoms with Gasteiger partial charge in [-0.2, -0.15) is 0 Å². The fraction of sp³-hybridized carbons (Fsp3) is 0.375. The summed E-state index contributed by atoms with van der Waals surface area (Å²) in [6.45, 7) is 1.83. The highest BCUT2D eigenvalue weighted by molar-refractivity contribution is 7.89. The Labute approximate surface area is 211 Å². The first kappa shape index (κ1) is 26.6. The molecule has 37 heavy (non-hydrogen) atoms. The molecule has 1 spiro atoms. The van der Waals surface area contributed by atoms with Crippen LogP contribution in [0.3, 0.4) is 0 Å². The van der Waals surface area contributed by atoms with Crippen molar-refractivity contribution in [1.82, 2.24) is 9.62 Å². The number of benzene rings is 2. The Balaban J connectivity index is 1.42. The highest BCUT2D eigenvalue weighted by Crippen LogP contribution is 2.33. The van der Waals surface area contributed by atoms with Gasteiger partial charge in [-0.25, -0.2) is 17.5 Å². The lowest BCUT2D eigenvalue weighted by Crippen LogP contribution is -2.50. The molecule has 0 bridgehead atoms. The molecule has 9 nitrogen and oxygen atoms in total. The minimum atomic E-state index is -4.86. The number of ether oxygens (including phenoxy) is 1. The van der Waals surface area contributed by atoms with E-state index in [4.69, 9.17) is 5.11 Å². The molecule has 1 amide bonds. The largest absolute Gasteiger partial charge is 0.573 e. The van der Waals surface area contributed by atoms with E-state index in [-0.39, 0.29) is 55.1 Å². The van der Waals surface area contributed by atoms with E-state index in [1.54, 1.807) is 13.0 Å². The Morgan fingerprint density at radius 1 is 1.19 bits per heavy atom. The number of halogens is 3. The fourth-order valence-electron chi connectivity index (χ4n) is 4.44. The number of piperidine rings is 1. The molecule has 2 aromatic rings. The number of amidine groups is 1. The normalized spacial score (nSPS) is 17.9. The Morgan fingerprint density at radius 2 is 1.89 bits per heavy atom. The number of carbonyl (C=O) groups is 2. The molecule has 0 aliphatic carbocycles. The van der Waals surface area contributed by atoms with E-state index in [1.807, 2.05) is 0 Å². The predicted octanol–water partition coefficient (Wildman–Crippen LogP) is 2.88. The molecule has 2 aromatic carbocycles. The third-order valence-electron chi connectivity index (χ3n) is 6.48. The lowest BCUT2D eigenvalue weighted by Gasteiger charge is -2.34. The predicted molar refractivity (Wildman–Crippen MR) is 127 cm³/mol. The molecular weight excluding hydrogens is 515 g/mol. The number of aromatic carboxylic acids is 1. The molecule has 198 valence electrons. The van der Waals surface area contributed by atoms with Gasteiger partial charge in [-0.15, -0.1) is 13.2 Å². The van der Waals surface area contributed by atoms with Crippen LogP contribution >= 0.6 is 0 Å². The van der Waals surface area contributed by atoms with Crippen LogP contribution in [0.4, 0.5) is 13.2 Å². The molecule has 0 radical (unpaired) electrons. The van der Waals surface area contributed by atoms with Crippen molar-refractivity contribution in [1.29, 1.82) is 0 Å². The monoisotopic (exact) mass is 539 g/mol. The first-order valence-electron chi connectivity index (χ1n) is 11.4. The van der Waals surface area contributed by atoms with E-state index in [1.165, 1.54) is 28.6 Å². The zero-order chi connectivity index (χ0) is 27.0. The fourth-order valence-corrected chi connectivity index (χ4v) is 5.92. The number of alkyl halides is 3. The van der Waals surface area contributed by atoms with E-state index in [0.29, 0.717) is 5.56 Å². The Bertz CT molecular complexity index is 1370. The molecule has 1 fully saturated rings. The van der Waals surface area contributed by atoms with Crippen LogP contribution in [0.1, 0.15) is 39.9 Å². The van der Waals surface area contributed by atoms with Crippen LogP contribution in [0.15, 0.2) is 47.5 Å². The van der Waals surface area contributed by atoms with Crippen molar-refractivity contribution in [3.05, 3.63) is 64.7 Å². The smallest absolute Gasteiger partial charge is 0.478 e. The molecule has 2 N–H and O–H groups in total. The van der Waals surface area contributed by atoms with Gasteiger partial charge in [-0.1, -0.05) is 18.2 Å². The topological polar surface area (TPSA) is 125 Å². The number of carbonyl (C=O) groups excluding carboxylic acids is 1. The first-order chi connectivity index (χ1) is 17.3. The zero-order valence-corrected chi connectivity index (χ0v) is 20.5. The summed E-state index contributed by atoms with van der Waals surface area (Å²) >= 11 is 0. The highest BCUT2D eigenvalue weighted by Gasteiger charge is 2.47. The zero-order valence-electron chi connectivity index (χ0n) is 19.7. The SMILES string of the molecule is Cc1cc(C(=O)O)ccc1CCS(=O)(=O)N1CCC2(CC1)N=C(c1cccc(OC(F)(F)F)c1)NC2=O. The van der Waals surface area contributed by atoms with Crippen molar-refractivity contribution in [3.63, 3.8) is 0 Å². The number of sulfonamides is 1. The molecule has 0 unspecified atom stereocenters. The van der Waals surface area contributed by atoms with Crippen LogP contribution in [-0.4, -0.2) is 66.3 Å². The van der Waals surface area contributed by atoms with Gasteiger partial charge >= 0.3 is 12.3 Å². The molecule has 13 heteroatoms. The Hall–Kier alpha value is -3.45. The Morgan fingerprint density at radius 3 is 2.51 bits per heavy atom. The maximum atomic E-state index is 13.0. The van der Waals surface area contributed by atoms with Gasteiger partial charge in [0.15, 0.2) is 0 Å². The number of carboxylic acids is 1. The van der Waals surface area contributed by atoms with Crippen LogP contribution < -0.4 is 10.1 Å². The first-order valence-corrected chi connectivity index (χ1v) is 13.0. The molecule has 4 rings (SSSR count). The van der Waals surface area contributed by atoms with Crippen molar-refractivity contribution in [2.75, 3.05) is 18.8 Å². The molecule has 2 aliphatic heterocycles. The van der Waals surface area contributed by atoms with Crippen LogP contribution in [0.2, 0.25) is 0 Å². The van der Waals surface area contributed by atoms with E-state index >= 15 is 0 Å². The van der Waals surface area contributed by atoms with Crippen molar-refractivity contribution in [3.8, 4) is 5.75 Å². The quantitative estimate of drug-likeness (QED) is 0.558. The lowest BCUT2D eigenvalue weighted by molar-refractivity contribution is -0.274. The molecule has 0 atom stereocenters. The van der Waals surface area contributed by atoms with Crippen molar-refractivity contribution in [2.24, 2.45) is 4.99 Å². The maximum absolute atomic E-state index is 13.0. The summed E-state index contributed by atoms with van der Waals surface area (Å²) in [5, 5.41) is 11.7.